The van der Waals surface area contributed by atoms with Crippen LogP contribution in [0.2, 0.25) is 0 Å². The van der Waals surface area contributed by atoms with Gasteiger partial charge >= 0.3 is 0 Å². The summed E-state index contributed by atoms with van der Waals surface area (Å²) in [4.78, 5) is 12.2. The molecule has 2 rings (SSSR count). The van der Waals surface area contributed by atoms with Crippen LogP contribution in [0.3, 0.4) is 0 Å². The number of hydrogen-bond acceptors (Lipinski definition) is 5. The molecule has 1 amide bonds. The Morgan fingerprint density at radius 1 is 1.11 bits per heavy atom. The molecule has 8 heteroatoms. The molecular formula is C19H23N3O4S. The third-order valence-corrected chi connectivity index (χ3v) is 4.80. The Labute approximate surface area is 159 Å². The molecule has 2 aromatic rings. The van der Waals surface area contributed by atoms with E-state index in [2.05, 4.69) is 10.5 Å². The number of ether oxygens (including phenoxy) is 1. The van der Waals surface area contributed by atoms with E-state index in [1.54, 1.807) is 37.3 Å². The minimum absolute atomic E-state index is 0.358. The summed E-state index contributed by atoms with van der Waals surface area (Å²) in [6.45, 7) is 3.89. The first-order valence-electron chi connectivity index (χ1n) is 8.40. The van der Waals surface area contributed by atoms with E-state index >= 15 is 0 Å². The van der Waals surface area contributed by atoms with Crippen molar-refractivity contribution in [3.05, 3.63) is 60.2 Å². The number of nitrogens with zero attached hydrogens (tertiary/aromatic N) is 2. The molecular weight excluding hydrogens is 366 g/mol. The quantitative estimate of drug-likeness (QED) is 0.555. The standard InChI is InChI=1S/C19H23N3O4S/c1-4-26-18-12-10-16(11-13-18)15(2)20-21-19(23)14-22(27(3,24)25)17-8-6-5-7-9-17/h5-13H,4,14H2,1-3H3,(H,21,23)/b20-15-. The minimum Gasteiger partial charge on any atom is -0.494 e. The van der Waals surface area contributed by atoms with Gasteiger partial charge in [-0.1, -0.05) is 18.2 Å². The molecule has 0 heterocycles. The predicted octanol–water partition coefficient (Wildman–Crippen LogP) is 2.39. The molecule has 0 unspecified atom stereocenters. The van der Waals surface area contributed by atoms with Gasteiger partial charge in [-0.2, -0.15) is 5.10 Å². The Morgan fingerprint density at radius 2 is 1.74 bits per heavy atom. The average Bonchev–Trinajstić information content (AvgIpc) is 2.65. The number of anilines is 1. The highest BCUT2D eigenvalue weighted by Gasteiger charge is 2.20. The van der Waals surface area contributed by atoms with Crippen molar-refractivity contribution in [3.63, 3.8) is 0 Å². The van der Waals surface area contributed by atoms with Gasteiger partial charge in [0.2, 0.25) is 10.0 Å². The van der Waals surface area contributed by atoms with Crippen LogP contribution in [-0.2, 0) is 14.8 Å². The van der Waals surface area contributed by atoms with Crippen LogP contribution in [0, 0.1) is 0 Å². The van der Waals surface area contributed by atoms with Crippen molar-refractivity contribution < 1.29 is 17.9 Å². The lowest BCUT2D eigenvalue weighted by molar-refractivity contribution is -0.119. The normalized spacial score (nSPS) is 11.7. The Bertz CT molecular complexity index is 894. The zero-order valence-electron chi connectivity index (χ0n) is 15.5. The van der Waals surface area contributed by atoms with Crippen LogP contribution in [0.4, 0.5) is 5.69 Å². The summed E-state index contributed by atoms with van der Waals surface area (Å²) in [6.07, 6.45) is 1.06. The first kappa shape index (κ1) is 20.4. The summed E-state index contributed by atoms with van der Waals surface area (Å²) in [6, 6.07) is 15.8. The van der Waals surface area contributed by atoms with Crippen LogP contribution in [-0.4, -0.2) is 39.4 Å². The molecule has 7 nitrogen and oxygen atoms in total. The molecule has 1 N–H and O–H groups in total. The van der Waals surface area contributed by atoms with Crippen LogP contribution in [0.5, 0.6) is 5.75 Å². The maximum absolute atomic E-state index is 12.2. The topological polar surface area (TPSA) is 88.1 Å². The molecule has 0 aliphatic rings. The Hall–Kier alpha value is -2.87. The van der Waals surface area contributed by atoms with Crippen molar-refractivity contribution >= 4 is 27.3 Å². The summed E-state index contributed by atoms with van der Waals surface area (Å²) in [5.74, 6) is 0.222. The first-order valence-corrected chi connectivity index (χ1v) is 10.2. The van der Waals surface area contributed by atoms with Crippen LogP contribution in [0.15, 0.2) is 59.7 Å². The van der Waals surface area contributed by atoms with E-state index in [9.17, 15) is 13.2 Å². The third-order valence-electron chi connectivity index (χ3n) is 3.66. The van der Waals surface area contributed by atoms with Gasteiger partial charge in [0, 0.05) is 0 Å². The van der Waals surface area contributed by atoms with Gasteiger partial charge in [-0.05, 0) is 55.8 Å². The second kappa shape index (κ2) is 9.18. The van der Waals surface area contributed by atoms with E-state index in [4.69, 9.17) is 4.74 Å². The summed E-state index contributed by atoms with van der Waals surface area (Å²) in [5, 5.41) is 4.05. The fourth-order valence-electron chi connectivity index (χ4n) is 2.33. The van der Waals surface area contributed by atoms with Gasteiger partial charge < -0.3 is 4.74 Å². The van der Waals surface area contributed by atoms with Gasteiger partial charge in [0.25, 0.3) is 5.91 Å². The number of carbonyl (C=O) groups excluding carboxylic acids is 1. The lowest BCUT2D eigenvalue weighted by atomic mass is 10.1. The second-order valence-electron chi connectivity index (χ2n) is 5.79. The number of hydrogen-bond donors (Lipinski definition) is 1. The molecule has 0 saturated carbocycles. The van der Waals surface area contributed by atoms with E-state index in [-0.39, 0.29) is 6.54 Å². The van der Waals surface area contributed by atoms with Crippen molar-refractivity contribution in [2.45, 2.75) is 13.8 Å². The Kier molecular flexibility index (Phi) is 6.95. The lowest BCUT2D eigenvalue weighted by Gasteiger charge is -2.21. The largest absolute Gasteiger partial charge is 0.494 e. The summed E-state index contributed by atoms with van der Waals surface area (Å²) in [7, 11) is -3.60. The fourth-order valence-corrected chi connectivity index (χ4v) is 3.19. The van der Waals surface area contributed by atoms with Gasteiger partial charge in [0.15, 0.2) is 0 Å². The van der Waals surface area contributed by atoms with Gasteiger partial charge in [0.05, 0.1) is 24.3 Å². The van der Waals surface area contributed by atoms with Crippen LogP contribution < -0.4 is 14.5 Å². The van der Waals surface area contributed by atoms with Crippen molar-refractivity contribution in [2.75, 3.05) is 23.7 Å². The molecule has 0 saturated heterocycles. The maximum atomic E-state index is 12.2. The van der Waals surface area contributed by atoms with E-state index in [1.165, 1.54) is 0 Å². The van der Waals surface area contributed by atoms with Crippen molar-refractivity contribution in [1.29, 1.82) is 0 Å². The van der Waals surface area contributed by atoms with Crippen LogP contribution in [0.1, 0.15) is 19.4 Å². The molecule has 0 radical (unpaired) electrons. The molecule has 0 aliphatic heterocycles. The predicted molar refractivity (Wildman–Crippen MR) is 107 cm³/mol. The highest BCUT2D eigenvalue weighted by atomic mass is 32.2. The summed E-state index contributed by atoms with van der Waals surface area (Å²) >= 11 is 0. The number of sulfonamides is 1. The van der Waals surface area contributed by atoms with Crippen LogP contribution >= 0.6 is 0 Å². The Morgan fingerprint density at radius 3 is 2.30 bits per heavy atom. The number of carbonyl (C=O) groups is 1. The number of rotatable bonds is 8. The van der Waals surface area contributed by atoms with Gasteiger partial charge in [-0.25, -0.2) is 13.8 Å². The molecule has 2 aromatic carbocycles. The number of benzene rings is 2. The molecule has 0 aromatic heterocycles. The van der Waals surface area contributed by atoms with Gasteiger partial charge in [-0.3, -0.25) is 9.10 Å². The van der Waals surface area contributed by atoms with Crippen LogP contribution in [0.25, 0.3) is 0 Å². The number of nitrogens with one attached hydrogen (secondary N) is 1. The van der Waals surface area contributed by atoms with E-state index < -0.39 is 15.9 Å². The molecule has 27 heavy (non-hydrogen) atoms. The number of para-hydroxylation sites is 1. The molecule has 0 atom stereocenters. The number of amides is 1. The van der Waals surface area contributed by atoms with E-state index in [0.29, 0.717) is 18.0 Å². The van der Waals surface area contributed by atoms with Gasteiger partial charge in [0.1, 0.15) is 12.3 Å². The molecule has 0 bridgehead atoms. The monoisotopic (exact) mass is 389 g/mol. The van der Waals surface area contributed by atoms with E-state index in [0.717, 1.165) is 21.9 Å². The Balaban J connectivity index is 2.05. The zero-order chi connectivity index (χ0) is 19.9. The highest BCUT2D eigenvalue weighted by Crippen LogP contribution is 2.16. The van der Waals surface area contributed by atoms with Crippen molar-refractivity contribution in [2.24, 2.45) is 5.10 Å². The van der Waals surface area contributed by atoms with Crippen molar-refractivity contribution in [3.8, 4) is 5.75 Å². The molecule has 144 valence electrons. The SMILES string of the molecule is CCOc1ccc(/C(C)=N\NC(=O)CN(c2ccccc2)S(C)(=O)=O)cc1. The smallest absolute Gasteiger partial charge is 0.260 e. The molecule has 0 spiro atoms. The molecule has 0 fully saturated rings. The second-order valence-corrected chi connectivity index (χ2v) is 7.70. The van der Waals surface area contributed by atoms with E-state index in [1.807, 2.05) is 31.2 Å². The minimum atomic E-state index is -3.60. The third kappa shape index (κ3) is 6.10. The zero-order valence-corrected chi connectivity index (χ0v) is 16.4. The average molecular weight is 389 g/mol. The lowest BCUT2D eigenvalue weighted by Crippen LogP contribution is -2.39. The van der Waals surface area contributed by atoms with Crippen molar-refractivity contribution in [1.82, 2.24) is 5.43 Å². The first-order chi connectivity index (χ1) is 12.8. The maximum Gasteiger partial charge on any atom is 0.260 e. The summed E-state index contributed by atoms with van der Waals surface area (Å²) < 4.78 is 30.4. The number of hydrazone groups is 1. The fraction of sp³-hybridized carbons (Fsp3) is 0.263. The molecule has 0 aliphatic carbocycles. The highest BCUT2D eigenvalue weighted by molar-refractivity contribution is 7.92. The van der Waals surface area contributed by atoms with Gasteiger partial charge in [-0.15, -0.1) is 0 Å². The summed E-state index contributed by atoms with van der Waals surface area (Å²) in [5.41, 5.74) is 4.24.